The van der Waals surface area contributed by atoms with Crippen LogP contribution in [0.25, 0.3) is 5.57 Å². The van der Waals surface area contributed by atoms with Gasteiger partial charge >= 0.3 is 0 Å². The third kappa shape index (κ3) is 3.99. The minimum Gasteiger partial charge on any atom is -0.310 e. The van der Waals surface area contributed by atoms with Gasteiger partial charge in [-0.2, -0.15) is 0 Å². The Morgan fingerprint density at radius 3 is 2.72 bits per heavy atom. The Hall–Kier alpha value is -1.08. The molecule has 2 rings (SSSR count). The van der Waals surface area contributed by atoms with Crippen molar-refractivity contribution in [2.75, 3.05) is 6.54 Å². The lowest BCUT2D eigenvalue weighted by Crippen LogP contribution is -2.29. The van der Waals surface area contributed by atoms with E-state index in [4.69, 9.17) is 0 Å². The summed E-state index contributed by atoms with van der Waals surface area (Å²) in [5.74, 6) is 0.911. The fourth-order valence-electron chi connectivity index (χ4n) is 2.73. The zero-order chi connectivity index (χ0) is 12.8. The van der Waals surface area contributed by atoms with Crippen LogP contribution in [0.4, 0.5) is 0 Å². The predicted molar refractivity (Wildman–Crippen MR) is 79.5 cm³/mol. The standard InChI is InChI=1S/C17H25N/c1-14-7-6-10-17(12-11-14)18-13-15(2)16-8-4-3-5-9-16/h3-5,8-9,14,17-18H,2,6-7,10-13H2,1H3. The molecule has 1 saturated carbocycles. The first kappa shape index (κ1) is 13.4. The Balaban J connectivity index is 1.79. The van der Waals surface area contributed by atoms with Crippen LogP contribution < -0.4 is 5.32 Å². The summed E-state index contributed by atoms with van der Waals surface area (Å²) in [5, 5.41) is 3.68. The first-order valence-electron chi connectivity index (χ1n) is 7.22. The highest BCUT2D eigenvalue weighted by Crippen LogP contribution is 2.23. The highest BCUT2D eigenvalue weighted by atomic mass is 14.9. The second-order valence-corrected chi connectivity index (χ2v) is 5.66. The lowest BCUT2D eigenvalue weighted by atomic mass is 10.0. The van der Waals surface area contributed by atoms with Gasteiger partial charge in [-0.15, -0.1) is 0 Å². The van der Waals surface area contributed by atoms with Gasteiger partial charge in [0.1, 0.15) is 0 Å². The van der Waals surface area contributed by atoms with Crippen molar-refractivity contribution in [2.24, 2.45) is 5.92 Å². The van der Waals surface area contributed by atoms with Gasteiger partial charge < -0.3 is 5.32 Å². The Morgan fingerprint density at radius 1 is 1.17 bits per heavy atom. The molecular weight excluding hydrogens is 218 g/mol. The van der Waals surface area contributed by atoms with Gasteiger partial charge in [0.15, 0.2) is 0 Å². The van der Waals surface area contributed by atoms with E-state index in [1.54, 1.807) is 0 Å². The van der Waals surface area contributed by atoms with Gasteiger partial charge in [-0.3, -0.25) is 0 Å². The summed E-state index contributed by atoms with van der Waals surface area (Å²) in [6.45, 7) is 7.49. The van der Waals surface area contributed by atoms with Crippen molar-refractivity contribution in [3.8, 4) is 0 Å². The summed E-state index contributed by atoms with van der Waals surface area (Å²) >= 11 is 0. The number of rotatable bonds is 4. The van der Waals surface area contributed by atoms with Gasteiger partial charge in [-0.05, 0) is 36.3 Å². The summed E-state index contributed by atoms with van der Waals surface area (Å²) in [7, 11) is 0. The molecule has 0 aliphatic heterocycles. The van der Waals surface area contributed by atoms with E-state index in [1.165, 1.54) is 43.2 Å². The zero-order valence-corrected chi connectivity index (χ0v) is 11.5. The van der Waals surface area contributed by atoms with Crippen LogP contribution >= 0.6 is 0 Å². The molecule has 0 saturated heterocycles. The van der Waals surface area contributed by atoms with Crippen molar-refractivity contribution in [2.45, 2.75) is 45.1 Å². The van der Waals surface area contributed by atoms with E-state index < -0.39 is 0 Å². The molecule has 2 atom stereocenters. The average molecular weight is 243 g/mol. The first-order valence-corrected chi connectivity index (χ1v) is 7.22. The third-order valence-electron chi connectivity index (χ3n) is 4.04. The predicted octanol–water partition coefficient (Wildman–Crippen LogP) is 4.26. The minimum atomic E-state index is 0.690. The van der Waals surface area contributed by atoms with Gasteiger partial charge in [0.05, 0.1) is 0 Å². The van der Waals surface area contributed by atoms with Crippen molar-refractivity contribution >= 4 is 5.57 Å². The van der Waals surface area contributed by atoms with Crippen molar-refractivity contribution < 1.29 is 0 Å². The Bertz CT molecular complexity index is 368. The van der Waals surface area contributed by atoms with Crippen molar-refractivity contribution in [3.05, 3.63) is 42.5 Å². The summed E-state index contributed by atoms with van der Waals surface area (Å²) in [6.07, 6.45) is 6.79. The van der Waals surface area contributed by atoms with E-state index >= 15 is 0 Å². The van der Waals surface area contributed by atoms with Crippen LogP contribution in [-0.4, -0.2) is 12.6 Å². The van der Waals surface area contributed by atoms with E-state index in [0.717, 1.165) is 12.5 Å². The molecule has 0 spiro atoms. The highest BCUT2D eigenvalue weighted by Gasteiger charge is 2.15. The molecule has 1 nitrogen and oxygen atoms in total. The molecular formula is C17H25N. The second kappa shape index (κ2) is 6.75. The quantitative estimate of drug-likeness (QED) is 0.779. The van der Waals surface area contributed by atoms with Crippen molar-refractivity contribution in [3.63, 3.8) is 0 Å². The fourth-order valence-corrected chi connectivity index (χ4v) is 2.73. The average Bonchev–Trinajstić information content (AvgIpc) is 2.62. The topological polar surface area (TPSA) is 12.0 Å². The summed E-state index contributed by atoms with van der Waals surface area (Å²) in [4.78, 5) is 0. The largest absolute Gasteiger partial charge is 0.310 e. The molecule has 0 heterocycles. The summed E-state index contributed by atoms with van der Waals surface area (Å²) in [5.41, 5.74) is 2.46. The lowest BCUT2D eigenvalue weighted by molar-refractivity contribution is 0.466. The van der Waals surface area contributed by atoms with Crippen LogP contribution in [0.15, 0.2) is 36.9 Å². The Morgan fingerprint density at radius 2 is 1.94 bits per heavy atom. The maximum Gasteiger partial charge on any atom is 0.0208 e. The molecule has 1 aliphatic rings. The highest BCUT2D eigenvalue weighted by molar-refractivity contribution is 5.64. The molecule has 2 unspecified atom stereocenters. The van der Waals surface area contributed by atoms with Crippen molar-refractivity contribution in [1.29, 1.82) is 0 Å². The maximum absolute atomic E-state index is 4.19. The van der Waals surface area contributed by atoms with Crippen LogP contribution in [0.1, 0.15) is 44.6 Å². The van der Waals surface area contributed by atoms with E-state index in [0.29, 0.717) is 6.04 Å². The van der Waals surface area contributed by atoms with Crippen LogP contribution in [0.3, 0.4) is 0 Å². The van der Waals surface area contributed by atoms with Crippen LogP contribution in [0.5, 0.6) is 0 Å². The molecule has 1 N–H and O–H groups in total. The van der Waals surface area contributed by atoms with Gasteiger partial charge in [0.2, 0.25) is 0 Å². The summed E-state index contributed by atoms with van der Waals surface area (Å²) < 4.78 is 0. The normalized spacial score (nSPS) is 24.5. The Kier molecular flexibility index (Phi) is 5.00. The van der Waals surface area contributed by atoms with E-state index in [-0.39, 0.29) is 0 Å². The molecule has 18 heavy (non-hydrogen) atoms. The Labute approximate surface area is 111 Å². The van der Waals surface area contributed by atoms with E-state index in [2.05, 4.69) is 49.2 Å². The van der Waals surface area contributed by atoms with E-state index in [1.807, 2.05) is 0 Å². The SMILES string of the molecule is C=C(CNC1CCCC(C)CC1)c1ccccc1. The molecule has 1 fully saturated rings. The molecule has 0 radical (unpaired) electrons. The monoisotopic (exact) mass is 243 g/mol. The number of hydrogen-bond donors (Lipinski definition) is 1. The lowest BCUT2D eigenvalue weighted by Gasteiger charge is -2.17. The number of benzene rings is 1. The zero-order valence-electron chi connectivity index (χ0n) is 11.5. The molecule has 98 valence electrons. The summed E-state index contributed by atoms with van der Waals surface area (Å²) in [6, 6.07) is 11.2. The van der Waals surface area contributed by atoms with Gasteiger partial charge in [-0.25, -0.2) is 0 Å². The first-order chi connectivity index (χ1) is 8.75. The van der Waals surface area contributed by atoms with Crippen LogP contribution in [-0.2, 0) is 0 Å². The van der Waals surface area contributed by atoms with Crippen LogP contribution in [0.2, 0.25) is 0 Å². The molecule has 1 aromatic carbocycles. The third-order valence-corrected chi connectivity index (χ3v) is 4.04. The van der Waals surface area contributed by atoms with Crippen molar-refractivity contribution in [1.82, 2.24) is 5.32 Å². The second-order valence-electron chi connectivity index (χ2n) is 5.66. The molecule has 0 bridgehead atoms. The molecule has 0 aromatic heterocycles. The van der Waals surface area contributed by atoms with Gasteiger partial charge in [-0.1, -0.05) is 56.7 Å². The van der Waals surface area contributed by atoms with Gasteiger partial charge in [0, 0.05) is 12.6 Å². The molecule has 1 aromatic rings. The molecule has 1 aliphatic carbocycles. The van der Waals surface area contributed by atoms with Gasteiger partial charge in [0.25, 0.3) is 0 Å². The molecule has 1 heteroatoms. The number of hydrogen-bond acceptors (Lipinski definition) is 1. The minimum absolute atomic E-state index is 0.690. The van der Waals surface area contributed by atoms with Crippen LogP contribution in [0, 0.1) is 5.92 Å². The molecule has 0 amide bonds. The smallest absolute Gasteiger partial charge is 0.0208 e. The maximum atomic E-state index is 4.19. The fraction of sp³-hybridized carbons (Fsp3) is 0.529. The number of nitrogens with one attached hydrogen (secondary N) is 1. The van der Waals surface area contributed by atoms with E-state index in [9.17, 15) is 0 Å².